The van der Waals surface area contributed by atoms with Crippen LogP contribution >= 0.6 is 22.7 Å². The van der Waals surface area contributed by atoms with Crippen molar-refractivity contribution in [3.8, 4) is 0 Å². The molecule has 0 aliphatic heterocycles. The van der Waals surface area contributed by atoms with Crippen molar-refractivity contribution in [2.45, 2.75) is 39.4 Å². The van der Waals surface area contributed by atoms with Crippen molar-refractivity contribution in [1.29, 1.82) is 0 Å². The summed E-state index contributed by atoms with van der Waals surface area (Å²) in [7, 11) is 0. The molecule has 0 bridgehead atoms. The van der Waals surface area contributed by atoms with Crippen LogP contribution in [0.1, 0.15) is 30.0 Å². The second-order valence-corrected chi connectivity index (χ2v) is 8.62. The predicted octanol–water partition coefficient (Wildman–Crippen LogP) is 4.49. The predicted molar refractivity (Wildman–Crippen MR) is 117 cm³/mol. The molecule has 3 aromatic rings. The minimum absolute atomic E-state index is 0.113. The van der Waals surface area contributed by atoms with Crippen molar-refractivity contribution in [3.05, 3.63) is 63.3 Å². The Morgan fingerprint density at radius 1 is 1.07 bits per heavy atom. The highest BCUT2D eigenvalue weighted by molar-refractivity contribution is 7.14. The molecule has 8 heteroatoms. The van der Waals surface area contributed by atoms with Gasteiger partial charge >= 0.3 is 0 Å². The number of amides is 2. The number of carbonyl (C=O) groups is 2. The molecule has 6 nitrogen and oxygen atoms in total. The molecule has 0 saturated heterocycles. The van der Waals surface area contributed by atoms with Crippen molar-refractivity contribution < 1.29 is 14.3 Å². The fourth-order valence-electron chi connectivity index (χ4n) is 2.55. The number of hydrogen-bond acceptors (Lipinski definition) is 6. The number of thiophene rings is 1. The molecule has 29 heavy (non-hydrogen) atoms. The Bertz CT molecular complexity index is 952. The summed E-state index contributed by atoms with van der Waals surface area (Å²) < 4.78 is 5.60. The molecule has 0 unspecified atom stereocenters. The molecule has 0 spiro atoms. The highest BCUT2D eigenvalue weighted by Crippen LogP contribution is 2.18. The van der Waals surface area contributed by atoms with Crippen LogP contribution in [0.5, 0.6) is 0 Å². The lowest BCUT2D eigenvalue weighted by atomic mass is 10.2. The van der Waals surface area contributed by atoms with Crippen LogP contribution in [-0.2, 0) is 33.8 Å². The first kappa shape index (κ1) is 21.2. The van der Waals surface area contributed by atoms with E-state index in [0.717, 1.165) is 16.1 Å². The number of rotatable bonds is 9. The van der Waals surface area contributed by atoms with Crippen molar-refractivity contribution in [2.75, 3.05) is 10.6 Å². The maximum atomic E-state index is 12.3. The number of nitrogens with zero attached hydrogens (tertiary/aromatic N) is 1. The number of anilines is 2. The Morgan fingerprint density at radius 2 is 1.90 bits per heavy atom. The van der Waals surface area contributed by atoms with Crippen LogP contribution in [0.15, 0.2) is 47.2 Å². The zero-order valence-electron chi connectivity index (χ0n) is 16.3. The maximum absolute atomic E-state index is 12.3. The largest absolute Gasteiger partial charge is 0.374 e. The summed E-state index contributed by atoms with van der Waals surface area (Å²) in [5.41, 5.74) is 2.35. The zero-order chi connectivity index (χ0) is 20.6. The Labute approximate surface area is 178 Å². The third kappa shape index (κ3) is 7.08. The lowest BCUT2D eigenvalue weighted by Gasteiger charge is -2.09. The van der Waals surface area contributed by atoms with Crippen molar-refractivity contribution in [2.24, 2.45) is 0 Å². The highest BCUT2D eigenvalue weighted by atomic mass is 32.1. The van der Waals surface area contributed by atoms with E-state index in [0.29, 0.717) is 23.9 Å². The topological polar surface area (TPSA) is 80.3 Å². The van der Waals surface area contributed by atoms with Crippen LogP contribution in [0, 0.1) is 0 Å². The number of thiazole rings is 1. The van der Waals surface area contributed by atoms with Crippen LogP contribution in [-0.4, -0.2) is 22.9 Å². The van der Waals surface area contributed by atoms with Gasteiger partial charge in [-0.25, -0.2) is 4.98 Å². The first-order valence-corrected chi connectivity index (χ1v) is 11.0. The van der Waals surface area contributed by atoms with Gasteiger partial charge in [-0.1, -0.05) is 18.2 Å². The number of aromatic nitrogens is 1. The number of ether oxygens (including phenoxy) is 1. The molecule has 0 radical (unpaired) electrons. The van der Waals surface area contributed by atoms with E-state index in [4.69, 9.17) is 4.74 Å². The second kappa shape index (κ2) is 10.3. The summed E-state index contributed by atoms with van der Waals surface area (Å²) in [6.07, 6.45) is 0.617. The van der Waals surface area contributed by atoms with Gasteiger partial charge in [-0.2, -0.15) is 0 Å². The average Bonchev–Trinajstić information content (AvgIpc) is 3.32. The van der Waals surface area contributed by atoms with Gasteiger partial charge in [0.05, 0.1) is 31.2 Å². The number of hydrogen-bond donors (Lipinski definition) is 2. The lowest BCUT2D eigenvalue weighted by molar-refractivity contribution is -0.116. The van der Waals surface area contributed by atoms with Crippen LogP contribution in [0.3, 0.4) is 0 Å². The molecule has 2 N–H and O–H groups in total. The average molecular weight is 430 g/mol. The van der Waals surface area contributed by atoms with Gasteiger partial charge in [0, 0.05) is 15.9 Å². The molecule has 0 atom stereocenters. The minimum Gasteiger partial charge on any atom is -0.374 e. The van der Waals surface area contributed by atoms with Crippen molar-refractivity contribution in [3.63, 3.8) is 0 Å². The van der Waals surface area contributed by atoms with Gasteiger partial charge < -0.3 is 15.4 Å². The van der Waals surface area contributed by atoms with E-state index >= 15 is 0 Å². The molecule has 2 heterocycles. The molecule has 2 amide bonds. The second-order valence-electron chi connectivity index (χ2n) is 6.73. The van der Waals surface area contributed by atoms with Crippen LogP contribution in [0.25, 0.3) is 0 Å². The van der Waals surface area contributed by atoms with E-state index in [1.54, 1.807) is 16.7 Å². The van der Waals surface area contributed by atoms with Gasteiger partial charge in [0.2, 0.25) is 11.8 Å². The summed E-state index contributed by atoms with van der Waals surface area (Å²) in [4.78, 5) is 29.7. The smallest absolute Gasteiger partial charge is 0.231 e. The summed E-state index contributed by atoms with van der Waals surface area (Å²) >= 11 is 2.86. The Hall–Kier alpha value is -2.55. The molecule has 0 aliphatic carbocycles. The monoisotopic (exact) mass is 429 g/mol. The fraction of sp³-hybridized carbons (Fsp3) is 0.286. The fourth-order valence-corrected chi connectivity index (χ4v) is 3.98. The zero-order valence-corrected chi connectivity index (χ0v) is 17.9. The maximum Gasteiger partial charge on any atom is 0.231 e. The summed E-state index contributed by atoms with van der Waals surface area (Å²) in [5.74, 6) is -0.271. The molecule has 1 aromatic carbocycles. The SMILES string of the molecule is CC(C)OCc1cccc(NC(=O)Cc2csc(NC(=O)Cc3cccs3)n2)c1. The van der Waals surface area contributed by atoms with Gasteiger partial charge in [-0.15, -0.1) is 22.7 Å². The molecule has 0 fully saturated rings. The first-order chi connectivity index (χ1) is 14.0. The van der Waals surface area contributed by atoms with Gasteiger partial charge in [0.15, 0.2) is 5.13 Å². The summed E-state index contributed by atoms with van der Waals surface area (Å²) in [5, 5.41) is 9.89. The van der Waals surface area contributed by atoms with Gasteiger partial charge in [-0.05, 0) is 43.0 Å². The quantitative estimate of drug-likeness (QED) is 0.525. The first-order valence-electron chi connectivity index (χ1n) is 9.25. The van der Waals surface area contributed by atoms with Gasteiger partial charge in [0.1, 0.15) is 0 Å². The third-order valence-electron chi connectivity index (χ3n) is 3.85. The minimum atomic E-state index is -0.159. The standard InChI is InChI=1S/C21H23N3O3S2/c1-14(2)27-12-15-5-3-6-16(9-15)22-19(25)10-17-13-29-21(23-17)24-20(26)11-18-7-4-8-28-18/h3-9,13-14H,10-12H2,1-2H3,(H,22,25)(H,23,24,26). The molecule has 2 aromatic heterocycles. The summed E-state index contributed by atoms with van der Waals surface area (Å²) in [6.45, 7) is 4.47. The van der Waals surface area contributed by atoms with Crippen LogP contribution in [0.2, 0.25) is 0 Å². The van der Waals surface area contributed by atoms with Crippen LogP contribution < -0.4 is 10.6 Å². The Morgan fingerprint density at radius 3 is 2.66 bits per heavy atom. The molecule has 0 aliphatic rings. The van der Waals surface area contributed by atoms with E-state index in [9.17, 15) is 9.59 Å². The van der Waals surface area contributed by atoms with Crippen molar-refractivity contribution in [1.82, 2.24) is 4.98 Å². The Balaban J connectivity index is 1.50. The van der Waals surface area contributed by atoms with E-state index in [1.807, 2.05) is 55.6 Å². The molecule has 3 rings (SSSR count). The van der Waals surface area contributed by atoms with Gasteiger partial charge in [-0.3, -0.25) is 9.59 Å². The molecule has 0 saturated carbocycles. The molecular weight excluding hydrogens is 406 g/mol. The van der Waals surface area contributed by atoms with E-state index in [-0.39, 0.29) is 24.3 Å². The number of benzene rings is 1. The lowest BCUT2D eigenvalue weighted by Crippen LogP contribution is -2.16. The van der Waals surface area contributed by atoms with E-state index in [2.05, 4.69) is 15.6 Å². The van der Waals surface area contributed by atoms with Gasteiger partial charge in [0.25, 0.3) is 0 Å². The highest BCUT2D eigenvalue weighted by Gasteiger charge is 2.11. The normalized spacial score (nSPS) is 10.9. The molecular formula is C21H23N3O3S2. The molecule has 152 valence electrons. The van der Waals surface area contributed by atoms with Crippen molar-refractivity contribution >= 4 is 45.3 Å². The number of nitrogens with one attached hydrogen (secondary N) is 2. The summed E-state index contributed by atoms with van der Waals surface area (Å²) in [6, 6.07) is 11.4. The van der Waals surface area contributed by atoms with E-state index in [1.165, 1.54) is 11.3 Å². The number of carbonyl (C=O) groups excluding carboxylic acids is 2. The third-order valence-corrected chi connectivity index (χ3v) is 5.53. The van der Waals surface area contributed by atoms with E-state index < -0.39 is 0 Å². The van der Waals surface area contributed by atoms with Crippen LogP contribution in [0.4, 0.5) is 10.8 Å². The Kier molecular flexibility index (Phi) is 7.51.